The van der Waals surface area contributed by atoms with E-state index in [2.05, 4.69) is 28.2 Å². The fourth-order valence-electron chi connectivity index (χ4n) is 1.84. The first-order valence-electron chi connectivity index (χ1n) is 6.72. The summed E-state index contributed by atoms with van der Waals surface area (Å²) < 4.78 is 6.90. The van der Waals surface area contributed by atoms with Gasteiger partial charge in [-0.15, -0.1) is 0 Å². The number of hydrogen-bond acceptors (Lipinski definition) is 2. The number of ether oxygens (including phenoxy) is 1. The third kappa shape index (κ3) is 4.89. The van der Waals surface area contributed by atoms with Crippen molar-refractivity contribution in [3.05, 3.63) is 56.5 Å². The van der Waals surface area contributed by atoms with Crippen LogP contribution in [0.2, 0.25) is 10.0 Å². The maximum Gasteiger partial charge on any atom is 0.147 e. The van der Waals surface area contributed by atoms with Gasteiger partial charge in [0.25, 0.3) is 0 Å². The molecule has 0 amide bonds. The van der Waals surface area contributed by atoms with Crippen LogP contribution in [0.4, 0.5) is 0 Å². The summed E-state index contributed by atoms with van der Waals surface area (Å²) in [6.45, 7) is 3.85. The highest BCUT2D eigenvalue weighted by molar-refractivity contribution is 9.10. The van der Waals surface area contributed by atoms with E-state index in [1.165, 1.54) is 0 Å². The number of halogens is 3. The van der Waals surface area contributed by atoms with Crippen LogP contribution in [0.1, 0.15) is 18.9 Å². The molecule has 0 bridgehead atoms. The topological polar surface area (TPSA) is 21.3 Å². The zero-order chi connectivity index (χ0) is 15.2. The average molecular weight is 389 g/mol. The van der Waals surface area contributed by atoms with Crippen molar-refractivity contribution >= 4 is 39.1 Å². The Morgan fingerprint density at radius 1 is 1.10 bits per heavy atom. The molecule has 0 aromatic heterocycles. The molecule has 2 rings (SSSR count). The quantitative estimate of drug-likeness (QED) is 0.608. The molecular weight excluding hydrogens is 373 g/mol. The van der Waals surface area contributed by atoms with E-state index in [0.717, 1.165) is 35.3 Å². The number of nitrogens with one attached hydrogen (secondary N) is 1. The molecule has 2 nitrogen and oxygen atoms in total. The molecule has 0 unspecified atom stereocenters. The van der Waals surface area contributed by atoms with E-state index in [0.29, 0.717) is 15.8 Å². The minimum atomic E-state index is 0.534. The first-order chi connectivity index (χ1) is 10.1. The average Bonchev–Trinajstić information content (AvgIpc) is 2.45. The Labute approximate surface area is 143 Å². The fourth-order valence-corrected chi connectivity index (χ4v) is 2.50. The van der Waals surface area contributed by atoms with Gasteiger partial charge >= 0.3 is 0 Å². The highest BCUT2D eigenvalue weighted by Crippen LogP contribution is 2.34. The number of benzene rings is 2. The van der Waals surface area contributed by atoms with Crippen molar-refractivity contribution in [1.82, 2.24) is 5.32 Å². The monoisotopic (exact) mass is 387 g/mol. The van der Waals surface area contributed by atoms with Crippen LogP contribution in [0.25, 0.3) is 0 Å². The molecule has 0 saturated heterocycles. The summed E-state index contributed by atoms with van der Waals surface area (Å²) in [5.74, 6) is 1.32. The second-order valence-electron chi connectivity index (χ2n) is 4.61. The zero-order valence-electron chi connectivity index (χ0n) is 11.6. The van der Waals surface area contributed by atoms with Gasteiger partial charge in [-0.2, -0.15) is 0 Å². The van der Waals surface area contributed by atoms with Crippen molar-refractivity contribution in [2.24, 2.45) is 0 Å². The molecule has 2 aromatic rings. The Bertz CT molecular complexity index is 619. The first kappa shape index (κ1) is 16.6. The van der Waals surface area contributed by atoms with Gasteiger partial charge in [-0.25, -0.2) is 0 Å². The van der Waals surface area contributed by atoms with E-state index in [1.807, 2.05) is 18.2 Å². The van der Waals surface area contributed by atoms with Crippen LogP contribution < -0.4 is 10.1 Å². The molecule has 0 saturated carbocycles. The molecule has 0 aliphatic heterocycles. The molecule has 0 spiro atoms. The molecule has 0 aliphatic carbocycles. The van der Waals surface area contributed by atoms with Gasteiger partial charge in [-0.05, 0) is 37.2 Å². The lowest BCUT2D eigenvalue weighted by Crippen LogP contribution is -2.14. The summed E-state index contributed by atoms with van der Waals surface area (Å²) in [7, 11) is 0. The molecule has 0 radical (unpaired) electrons. The second kappa shape index (κ2) is 8.04. The lowest BCUT2D eigenvalue weighted by Gasteiger charge is -2.13. The van der Waals surface area contributed by atoms with Gasteiger partial charge in [0.15, 0.2) is 0 Å². The summed E-state index contributed by atoms with van der Waals surface area (Å²) in [6.07, 6.45) is 1.09. The minimum Gasteiger partial charge on any atom is -0.455 e. The van der Waals surface area contributed by atoms with E-state index >= 15 is 0 Å². The van der Waals surface area contributed by atoms with E-state index in [-0.39, 0.29) is 0 Å². The standard InChI is InChI=1S/C16H16BrCl2NO/c1-2-7-20-10-11-3-4-12(17)8-15(11)21-16-9-13(18)5-6-14(16)19/h3-6,8-9,20H,2,7,10H2,1H3. The van der Waals surface area contributed by atoms with E-state index in [1.54, 1.807) is 18.2 Å². The minimum absolute atomic E-state index is 0.534. The summed E-state index contributed by atoms with van der Waals surface area (Å²) in [5, 5.41) is 4.50. The third-order valence-electron chi connectivity index (χ3n) is 2.88. The van der Waals surface area contributed by atoms with E-state index in [4.69, 9.17) is 27.9 Å². The first-order valence-corrected chi connectivity index (χ1v) is 8.27. The lowest BCUT2D eigenvalue weighted by molar-refractivity contribution is 0.472. The van der Waals surface area contributed by atoms with Gasteiger partial charge in [0.05, 0.1) is 5.02 Å². The lowest BCUT2D eigenvalue weighted by atomic mass is 10.2. The van der Waals surface area contributed by atoms with Crippen LogP contribution in [0.5, 0.6) is 11.5 Å². The Morgan fingerprint density at radius 3 is 2.67 bits per heavy atom. The van der Waals surface area contributed by atoms with Gasteiger partial charge in [0.2, 0.25) is 0 Å². The number of rotatable bonds is 6. The predicted octanol–water partition coefficient (Wildman–Crippen LogP) is 6.05. The van der Waals surface area contributed by atoms with Gasteiger partial charge < -0.3 is 10.1 Å². The fraction of sp³-hybridized carbons (Fsp3) is 0.250. The van der Waals surface area contributed by atoms with Crippen molar-refractivity contribution in [2.45, 2.75) is 19.9 Å². The molecule has 0 aliphatic rings. The normalized spacial score (nSPS) is 10.7. The maximum absolute atomic E-state index is 6.15. The Morgan fingerprint density at radius 2 is 1.90 bits per heavy atom. The molecule has 0 fully saturated rings. The highest BCUT2D eigenvalue weighted by atomic mass is 79.9. The molecule has 112 valence electrons. The van der Waals surface area contributed by atoms with Crippen LogP contribution in [0.3, 0.4) is 0 Å². The predicted molar refractivity (Wildman–Crippen MR) is 92.7 cm³/mol. The SMILES string of the molecule is CCCNCc1ccc(Br)cc1Oc1cc(Cl)ccc1Cl. The van der Waals surface area contributed by atoms with Crippen molar-refractivity contribution < 1.29 is 4.74 Å². The largest absolute Gasteiger partial charge is 0.455 e. The Kier molecular flexibility index (Phi) is 6.37. The molecule has 21 heavy (non-hydrogen) atoms. The van der Waals surface area contributed by atoms with Crippen molar-refractivity contribution in [3.63, 3.8) is 0 Å². The summed E-state index contributed by atoms with van der Waals surface area (Å²) in [6, 6.07) is 11.1. The van der Waals surface area contributed by atoms with Crippen LogP contribution in [-0.2, 0) is 6.54 Å². The van der Waals surface area contributed by atoms with Crippen LogP contribution in [0.15, 0.2) is 40.9 Å². The van der Waals surface area contributed by atoms with E-state index in [9.17, 15) is 0 Å². The molecule has 5 heteroatoms. The highest BCUT2D eigenvalue weighted by Gasteiger charge is 2.09. The third-order valence-corrected chi connectivity index (χ3v) is 3.93. The Balaban J connectivity index is 2.25. The van der Waals surface area contributed by atoms with E-state index < -0.39 is 0 Å². The van der Waals surface area contributed by atoms with Gasteiger partial charge in [-0.3, -0.25) is 0 Å². The second-order valence-corrected chi connectivity index (χ2v) is 6.36. The van der Waals surface area contributed by atoms with Gasteiger partial charge in [-0.1, -0.05) is 52.1 Å². The summed E-state index contributed by atoms with van der Waals surface area (Å²) in [4.78, 5) is 0. The smallest absolute Gasteiger partial charge is 0.147 e. The molecule has 0 heterocycles. The van der Waals surface area contributed by atoms with Crippen LogP contribution in [-0.4, -0.2) is 6.54 Å². The summed E-state index contributed by atoms with van der Waals surface area (Å²) in [5.41, 5.74) is 1.07. The van der Waals surface area contributed by atoms with Gasteiger partial charge in [0, 0.05) is 27.7 Å². The summed E-state index contributed by atoms with van der Waals surface area (Å²) >= 11 is 15.6. The van der Waals surface area contributed by atoms with Crippen molar-refractivity contribution in [2.75, 3.05) is 6.54 Å². The Hall–Kier alpha value is -0.740. The van der Waals surface area contributed by atoms with Crippen molar-refractivity contribution in [3.8, 4) is 11.5 Å². The zero-order valence-corrected chi connectivity index (χ0v) is 14.7. The van der Waals surface area contributed by atoms with Gasteiger partial charge in [0.1, 0.15) is 11.5 Å². The molecular formula is C16H16BrCl2NO. The molecule has 2 aromatic carbocycles. The van der Waals surface area contributed by atoms with Crippen LogP contribution in [0, 0.1) is 0 Å². The molecule has 1 N–H and O–H groups in total. The maximum atomic E-state index is 6.15. The van der Waals surface area contributed by atoms with Crippen molar-refractivity contribution in [1.29, 1.82) is 0 Å². The van der Waals surface area contributed by atoms with Crippen LogP contribution >= 0.6 is 39.1 Å². The number of hydrogen-bond donors (Lipinski definition) is 1. The molecule has 0 atom stereocenters.